The van der Waals surface area contributed by atoms with Crippen molar-refractivity contribution in [2.45, 2.75) is 13.0 Å². The van der Waals surface area contributed by atoms with Gasteiger partial charge in [0, 0.05) is 23.8 Å². The van der Waals surface area contributed by atoms with Gasteiger partial charge in [0.25, 0.3) is 5.91 Å². The van der Waals surface area contributed by atoms with Crippen molar-refractivity contribution in [2.75, 3.05) is 14.2 Å². The van der Waals surface area contributed by atoms with Gasteiger partial charge in [-0.3, -0.25) is 4.79 Å². The lowest BCUT2D eigenvalue weighted by molar-refractivity contribution is 0.0742. The number of hydrogen-bond donors (Lipinski definition) is 0. The molecule has 2 aromatic carbocycles. The molecule has 6 heteroatoms. The highest BCUT2D eigenvalue weighted by Crippen LogP contribution is 2.25. The molecule has 0 spiro atoms. The number of benzene rings is 2. The van der Waals surface area contributed by atoms with E-state index in [2.05, 4.69) is 20.9 Å². The van der Waals surface area contributed by atoms with Gasteiger partial charge in [-0.15, -0.1) is 0 Å². The Morgan fingerprint density at radius 3 is 2.43 bits per heavy atom. The second kappa shape index (κ2) is 8.89. The molecule has 0 saturated carbocycles. The maximum Gasteiger partial charge on any atom is 0.255 e. The Labute approximate surface area is 173 Å². The van der Waals surface area contributed by atoms with Crippen molar-refractivity contribution >= 4 is 21.8 Å². The first-order valence-electron chi connectivity index (χ1n) is 8.78. The number of amides is 1. The molecule has 0 aliphatic heterocycles. The van der Waals surface area contributed by atoms with Gasteiger partial charge in [-0.1, -0.05) is 34.1 Å². The molecule has 28 heavy (non-hydrogen) atoms. The molecule has 1 heterocycles. The molecule has 0 fully saturated rings. The van der Waals surface area contributed by atoms with Crippen LogP contribution < -0.4 is 9.47 Å². The Balaban J connectivity index is 1.69. The number of ether oxygens (including phenoxy) is 2. The van der Waals surface area contributed by atoms with E-state index in [1.807, 2.05) is 55.5 Å². The highest BCUT2D eigenvalue weighted by Gasteiger charge is 2.19. The first-order chi connectivity index (χ1) is 13.5. The first-order valence-corrected chi connectivity index (χ1v) is 9.58. The van der Waals surface area contributed by atoms with Crippen LogP contribution in [0.3, 0.4) is 0 Å². The molecule has 1 amide bonds. The van der Waals surface area contributed by atoms with Gasteiger partial charge >= 0.3 is 0 Å². The smallest absolute Gasteiger partial charge is 0.255 e. The fourth-order valence-corrected chi connectivity index (χ4v) is 3.08. The van der Waals surface area contributed by atoms with E-state index in [4.69, 9.17) is 9.47 Å². The van der Waals surface area contributed by atoms with Crippen molar-refractivity contribution in [3.63, 3.8) is 0 Å². The minimum atomic E-state index is -0.107. The van der Waals surface area contributed by atoms with E-state index in [1.54, 1.807) is 31.2 Å². The summed E-state index contributed by atoms with van der Waals surface area (Å²) >= 11 is 3.41. The van der Waals surface area contributed by atoms with Crippen LogP contribution in [0.15, 0.2) is 71.3 Å². The van der Waals surface area contributed by atoms with Crippen LogP contribution in [0.1, 0.15) is 28.9 Å². The summed E-state index contributed by atoms with van der Waals surface area (Å²) in [5.74, 6) is 1.78. The average molecular weight is 441 g/mol. The average Bonchev–Trinajstić information content (AvgIpc) is 2.73. The molecule has 1 unspecified atom stereocenters. The molecule has 0 aliphatic carbocycles. The Hall–Kier alpha value is -2.86. The minimum Gasteiger partial charge on any atom is -0.497 e. The number of hydrogen-bond acceptors (Lipinski definition) is 4. The Morgan fingerprint density at radius 2 is 1.82 bits per heavy atom. The van der Waals surface area contributed by atoms with E-state index in [0.717, 1.165) is 15.8 Å². The molecule has 0 saturated heterocycles. The van der Waals surface area contributed by atoms with E-state index in [9.17, 15) is 4.79 Å². The third-order valence-electron chi connectivity index (χ3n) is 4.50. The van der Waals surface area contributed by atoms with Gasteiger partial charge in [0.15, 0.2) is 0 Å². The van der Waals surface area contributed by atoms with Gasteiger partial charge in [0.1, 0.15) is 11.5 Å². The third kappa shape index (κ3) is 4.70. The number of aromatic nitrogens is 1. The van der Waals surface area contributed by atoms with Gasteiger partial charge in [-0.2, -0.15) is 0 Å². The van der Waals surface area contributed by atoms with Gasteiger partial charge in [0.05, 0.1) is 18.7 Å². The van der Waals surface area contributed by atoms with E-state index in [-0.39, 0.29) is 11.9 Å². The summed E-state index contributed by atoms with van der Waals surface area (Å²) in [6.45, 7) is 1.98. The molecule has 144 valence electrons. The molecule has 5 nitrogen and oxygen atoms in total. The van der Waals surface area contributed by atoms with Crippen LogP contribution in [0.25, 0.3) is 0 Å². The summed E-state index contributed by atoms with van der Waals surface area (Å²) in [6.07, 6.45) is 1.53. The molecule has 0 aliphatic rings. The Morgan fingerprint density at radius 1 is 1.07 bits per heavy atom. The lowest BCUT2D eigenvalue weighted by Crippen LogP contribution is -2.29. The number of carbonyl (C=O) groups excluding carboxylic acids is 1. The van der Waals surface area contributed by atoms with Gasteiger partial charge in [0.2, 0.25) is 5.88 Å². The number of carbonyl (C=O) groups is 1. The van der Waals surface area contributed by atoms with Crippen molar-refractivity contribution in [3.8, 4) is 17.4 Å². The van der Waals surface area contributed by atoms with Crippen molar-refractivity contribution in [1.82, 2.24) is 9.88 Å². The molecular weight excluding hydrogens is 420 g/mol. The van der Waals surface area contributed by atoms with E-state index < -0.39 is 0 Å². The Bertz CT molecular complexity index is 943. The van der Waals surface area contributed by atoms with Crippen molar-refractivity contribution < 1.29 is 14.3 Å². The zero-order valence-corrected chi connectivity index (χ0v) is 17.5. The summed E-state index contributed by atoms with van der Waals surface area (Å²) < 4.78 is 11.8. The summed E-state index contributed by atoms with van der Waals surface area (Å²) in [5.41, 5.74) is 1.53. The van der Waals surface area contributed by atoms with Gasteiger partial charge in [-0.05, 0) is 48.9 Å². The van der Waals surface area contributed by atoms with Gasteiger partial charge in [-0.25, -0.2) is 4.98 Å². The zero-order chi connectivity index (χ0) is 20.1. The zero-order valence-electron chi connectivity index (χ0n) is 15.9. The molecular formula is C22H21BrN2O3. The maximum absolute atomic E-state index is 12.8. The highest BCUT2D eigenvalue weighted by molar-refractivity contribution is 9.10. The van der Waals surface area contributed by atoms with Crippen LogP contribution in [0.2, 0.25) is 0 Å². The SMILES string of the molecule is COc1ccc(C(C)N(C)C(=O)c2ccc(Oc3cccc(Br)c3)nc2)cc1. The normalized spacial score (nSPS) is 11.6. The molecule has 3 rings (SSSR count). The van der Waals surface area contributed by atoms with Crippen LogP contribution in [-0.4, -0.2) is 29.9 Å². The minimum absolute atomic E-state index is 0.0870. The topological polar surface area (TPSA) is 51.7 Å². The molecule has 1 atom stereocenters. The second-order valence-corrected chi connectivity index (χ2v) is 7.23. The van der Waals surface area contributed by atoms with Crippen LogP contribution in [0.4, 0.5) is 0 Å². The number of rotatable bonds is 6. The molecule has 0 bridgehead atoms. The summed E-state index contributed by atoms with van der Waals surface area (Å²) in [5, 5.41) is 0. The van der Waals surface area contributed by atoms with Crippen molar-refractivity contribution in [3.05, 3.63) is 82.5 Å². The lowest BCUT2D eigenvalue weighted by atomic mass is 10.1. The number of halogens is 1. The molecule has 3 aromatic rings. The fourth-order valence-electron chi connectivity index (χ4n) is 2.70. The number of nitrogens with zero attached hydrogens (tertiary/aromatic N) is 2. The van der Waals surface area contributed by atoms with E-state index in [1.165, 1.54) is 6.20 Å². The van der Waals surface area contributed by atoms with Gasteiger partial charge < -0.3 is 14.4 Å². The second-order valence-electron chi connectivity index (χ2n) is 6.31. The quantitative estimate of drug-likeness (QED) is 0.509. The van der Waals surface area contributed by atoms with Crippen molar-refractivity contribution in [2.24, 2.45) is 0 Å². The maximum atomic E-state index is 12.8. The first kappa shape index (κ1) is 19.9. The predicted molar refractivity (Wildman–Crippen MR) is 112 cm³/mol. The molecule has 1 aromatic heterocycles. The standard InChI is InChI=1S/C22H21BrN2O3/c1-15(16-7-10-19(27-3)11-8-16)25(2)22(26)17-9-12-21(24-14-17)28-20-6-4-5-18(23)13-20/h4-15H,1-3H3. The summed E-state index contributed by atoms with van der Waals surface area (Å²) in [6, 6.07) is 18.5. The third-order valence-corrected chi connectivity index (χ3v) is 4.99. The van der Waals surface area contributed by atoms with E-state index >= 15 is 0 Å². The summed E-state index contributed by atoms with van der Waals surface area (Å²) in [4.78, 5) is 18.8. The lowest BCUT2D eigenvalue weighted by Gasteiger charge is -2.25. The van der Waals surface area contributed by atoms with Crippen LogP contribution in [-0.2, 0) is 0 Å². The van der Waals surface area contributed by atoms with Crippen LogP contribution >= 0.6 is 15.9 Å². The van der Waals surface area contributed by atoms with Crippen LogP contribution in [0.5, 0.6) is 17.4 Å². The largest absolute Gasteiger partial charge is 0.497 e. The summed E-state index contributed by atoms with van der Waals surface area (Å²) in [7, 11) is 3.41. The molecule has 0 radical (unpaired) electrons. The number of pyridine rings is 1. The fraction of sp³-hybridized carbons (Fsp3) is 0.182. The highest BCUT2D eigenvalue weighted by atomic mass is 79.9. The predicted octanol–water partition coefficient (Wildman–Crippen LogP) is 5.48. The van der Waals surface area contributed by atoms with Crippen LogP contribution in [0, 0.1) is 0 Å². The number of methoxy groups -OCH3 is 1. The van der Waals surface area contributed by atoms with Crippen molar-refractivity contribution in [1.29, 1.82) is 0 Å². The monoisotopic (exact) mass is 440 g/mol. The Kier molecular flexibility index (Phi) is 6.31. The molecule has 0 N–H and O–H groups in total. The van der Waals surface area contributed by atoms with E-state index in [0.29, 0.717) is 17.2 Å².